The lowest BCUT2D eigenvalue weighted by Gasteiger charge is -2.58. The first-order valence-corrected chi connectivity index (χ1v) is 10.1. The van der Waals surface area contributed by atoms with Crippen LogP contribution in [0.4, 0.5) is 0 Å². The Labute approximate surface area is 168 Å². The first kappa shape index (κ1) is 22.4. The summed E-state index contributed by atoms with van der Waals surface area (Å²) < 4.78 is 5.45. The van der Waals surface area contributed by atoms with E-state index in [9.17, 15) is 14.7 Å². The van der Waals surface area contributed by atoms with Crippen molar-refractivity contribution in [2.24, 2.45) is 0 Å². The van der Waals surface area contributed by atoms with Crippen LogP contribution < -0.4 is 10.1 Å². The second-order valence-electron chi connectivity index (χ2n) is 7.85. The van der Waals surface area contributed by atoms with Gasteiger partial charge in [-0.05, 0) is 63.0 Å². The highest BCUT2D eigenvalue weighted by Gasteiger charge is 2.58. The van der Waals surface area contributed by atoms with Crippen molar-refractivity contribution < 1.29 is 19.4 Å². The van der Waals surface area contributed by atoms with Gasteiger partial charge in [-0.1, -0.05) is 26.3 Å². The molecule has 6 heteroatoms. The summed E-state index contributed by atoms with van der Waals surface area (Å²) >= 11 is 0. The number of likely N-dealkylation sites (N-methyl/N-ethyl adjacent to an activating group) is 1. The highest BCUT2D eigenvalue weighted by molar-refractivity contribution is 5.87. The molecule has 1 aliphatic rings. The summed E-state index contributed by atoms with van der Waals surface area (Å²) in [5, 5.41) is 14.4. The van der Waals surface area contributed by atoms with Crippen LogP contribution in [0.5, 0.6) is 5.75 Å². The van der Waals surface area contributed by atoms with Gasteiger partial charge in [0.2, 0.25) is 12.3 Å². The molecule has 0 saturated carbocycles. The third-order valence-electron chi connectivity index (χ3n) is 6.57. The molecule has 1 aliphatic heterocycles. The number of aliphatic hydroxyl groups is 1. The molecule has 2 amide bonds. The van der Waals surface area contributed by atoms with E-state index in [1.165, 1.54) is 0 Å². The number of aryl methyl sites for hydroxylation is 1. The summed E-state index contributed by atoms with van der Waals surface area (Å²) in [6.45, 7) is 9.78. The van der Waals surface area contributed by atoms with E-state index in [0.29, 0.717) is 25.0 Å². The molecule has 0 aromatic heterocycles. The minimum absolute atomic E-state index is 0.0537. The Morgan fingerprint density at radius 2 is 2.14 bits per heavy atom. The highest BCUT2D eigenvalue weighted by atomic mass is 16.5. The number of nitrogens with zero attached hydrogens (tertiary/aromatic N) is 1. The zero-order valence-corrected chi connectivity index (χ0v) is 17.7. The van der Waals surface area contributed by atoms with Gasteiger partial charge in [-0.15, -0.1) is 0 Å². The highest BCUT2D eigenvalue weighted by Crippen LogP contribution is 2.51. The lowest BCUT2D eigenvalue weighted by Crippen LogP contribution is -2.68. The molecule has 28 heavy (non-hydrogen) atoms. The summed E-state index contributed by atoms with van der Waals surface area (Å²) in [4.78, 5) is 25.8. The Balaban J connectivity index is 2.72. The van der Waals surface area contributed by atoms with Crippen LogP contribution in [0.3, 0.4) is 0 Å². The molecule has 3 atom stereocenters. The number of imide groups is 1. The average molecular weight is 391 g/mol. The molecule has 2 rings (SSSR count). The average Bonchev–Trinajstić information content (AvgIpc) is 2.67. The van der Waals surface area contributed by atoms with E-state index in [4.69, 9.17) is 4.74 Å². The molecule has 0 bridgehead atoms. The van der Waals surface area contributed by atoms with Gasteiger partial charge in [-0.3, -0.25) is 19.8 Å². The number of likely N-dealkylation sites (tertiary alicyclic amines) is 1. The lowest BCUT2D eigenvalue weighted by atomic mass is 9.56. The number of carbonyl (C=O) groups excluding carboxylic acids is 2. The maximum absolute atomic E-state index is 12.6. The molecular weight excluding hydrogens is 356 g/mol. The van der Waals surface area contributed by atoms with Gasteiger partial charge in [-0.2, -0.15) is 0 Å². The van der Waals surface area contributed by atoms with Gasteiger partial charge in [0.1, 0.15) is 5.75 Å². The summed E-state index contributed by atoms with van der Waals surface area (Å²) in [5.41, 5.74) is 0.00511. The number of hydrogen-bond acceptors (Lipinski definition) is 5. The summed E-state index contributed by atoms with van der Waals surface area (Å²) in [6.07, 6.45) is 2.45. The van der Waals surface area contributed by atoms with Crippen molar-refractivity contribution in [1.82, 2.24) is 10.2 Å². The van der Waals surface area contributed by atoms with Gasteiger partial charge in [-0.25, -0.2) is 0 Å². The van der Waals surface area contributed by atoms with E-state index in [2.05, 4.69) is 17.1 Å². The standard InChI is InChI=1S/C22H34N2O4/c1-6-10-22(27)17(4)24(7-2)12-11-21(22,14-20(26)23-15-25)19-13-18(28-5)9-8-16(19)3/h8-9,13,15,17,27H,6-7,10-12,14H2,1-5H3,(H,23,25,26). The van der Waals surface area contributed by atoms with Gasteiger partial charge in [0.25, 0.3) is 0 Å². The number of nitrogens with one attached hydrogen (secondary N) is 1. The second-order valence-corrected chi connectivity index (χ2v) is 7.85. The minimum Gasteiger partial charge on any atom is -0.497 e. The molecule has 1 saturated heterocycles. The van der Waals surface area contributed by atoms with Gasteiger partial charge < -0.3 is 9.84 Å². The number of ether oxygens (including phenoxy) is 1. The molecule has 2 N–H and O–H groups in total. The van der Waals surface area contributed by atoms with E-state index in [1.807, 2.05) is 39.0 Å². The van der Waals surface area contributed by atoms with Crippen molar-refractivity contribution in [2.45, 2.75) is 70.4 Å². The number of rotatable bonds is 8. The van der Waals surface area contributed by atoms with Crippen molar-refractivity contribution in [3.05, 3.63) is 29.3 Å². The third kappa shape index (κ3) is 3.80. The maximum Gasteiger partial charge on any atom is 0.227 e. The van der Waals surface area contributed by atoms with Gasteiger partial charge in [0.05, 0.1) is 12.7 Å². The minimum atomic E-state index is -1.12. The third-order valence-corrected chi connectivity index (χ3v) is 6.57. The summed E-state index contributed by atoms with van der Waals surface area (Å²) in [5.74, 6) is 0.323. The number of piperidine rings is 1. The Bertz CT molecular complexity index is 708. The van der Waals surface area contributed by atoms with Crippen LogP contribution in [0.1, 0.15) is 57.6 Å². The molecule has 1 aromatic rings. The van der Waals surface area contributed by atoms with Crippen LogP contribution in [-0.4, -0.2) is 54.2 Å². The number of hydrogen-bond donors (Lipinski definition) is 2. The van der Waals surface area contributed by atoms with Crippen LogP contribution in [-0.2, 0) is 15.0 Å². The Morgan fingerprint density at radius 3 is 2.71 bits per heavy atom. The Kier molecular flexibility index (Phi) is 7.23. The van der Waals surface area contributed by atoms with E-state index >= 15 is 0 Å². The topological polar surface area (TPSA) is 78.9 Å². The largest absolute Gasteiger partial charge is 0.497 e. The quantitative estimate of drug-likeness (QED) is 0.667. The number of carbonyl (C=O) groups is 2. The summed E-state index contributed by atoms with van der Waals surface area (Å²) in [7, 11) is 1.61. The van der Waals surface area contributed by atoms with E-state index in [-0.39, 0.29) is 18.4 Å². The molecule has 1 fully saturated rings. The molecule has 1 aromatic carbocycles. The fourth-order valence-corrected chi connectivity index (χ4v) is 5.05. The molecule has 0 spiro atoms. The zero-order chi connectivity index (χ0) is 20.9. The van der Waals surface area contributed by atoms with E-state index < -0.39 is 11.0 Å². The van der Waals surface area contributed by atoms with E-state index in [0.717, 1.165) is 30.6 Å². The summed E-state index contributed by atoms with van der Waals surface area (Å²) in [6, 6.07) is 5.68. The fourth-order valence-electron chi connectivity index (χ4n) is 5.05. The SMILES string of the molecule is CCCC1(O)C(C)N(CC)CCC1(CC(=O)NC=O)c1cc(OC)ccc1C. The Hall–Kier alpha value is -1.92. The van der Waals surface area contributed by atoms with E-state index in [1.54, 1.807) is 7.11 Å². The van der Waals surface area contributed by atoms with Crippen LogP contribution in [0.2, 0.25) is 0 Å². The first-order valence-electron chi connectivity index (χ1n) is 10.1. The van der Waals surface area contributed by atoms with Crippen LogP contribution in [0.15, 0.2) is 18.2 Å². The number of amides is 2. The fraction of sp³-hybridized carbons (Fsp3) is 0.636. The first-order chi connectivity index (χ1) is 13.3. The molecule has 3 unspecified atom stereocenters. The Morgan fingerprint density at radius 1 is 1.43 bits per heavy atom. The van der Waals surface area contributed by atoms with Crippen LogP contribution >= 0.6 is 0 Å². The maximum atomic E-state index is 12.6. The predicted octanol–water partition coefficient (Wildman–Crippen LogP) is 2.55. The number of benzene rings is 1. The smallest absolute Gasteiger partial charge is 0.227 e. The molecule has 1 heterocycles. The molecule has 6 nitrogen and oxygen atoms in total. The lowest BCUT2D eigenvalue weighted by molar-refractivity contribution is -0.151. The second kappa shape index (κ2) is 9.05. The predicted molar refractivity (Wildman–Crippen MR) is 109 cm³/mol. The normalized spacial score (nSPS) is 28.0. The van der Waals surface area contributed by atoms with Crippen LogP contribution in [0, 0.1) is 6.92 Å². The van der Waals surface area contributed by atoms with Gasteiger partial charge in [0, 0.05) is 17.9 Å². The van der Waals surface area contributed by atoms with Crippen molar-refractivity contribution in [3.8, 4) is 5.75 Å². The monoisotopic (exact) mass is 390 g/mol. The molecular formula is C22H34N2O4. The molecule has 0 radical (unpaired) electrons. The number of methoxy groups -OCH3 is 1. The van der Waals surface area contributed by atoms with Crippen molar-refractivity contribution in [1.29, 1.82) is 0 Å². The molecule has 156 valence electrons. The zero-order valence-electron chi connectivity index (χ0n) is 17.7. The van der Waals surface area contributed by atoms with Crippen molar-refractivity contribution >= 4 is 12.3 Å². The van der Waals surface area contributed by atoms with Gasteiger partial charge in [0.15, 0.2) is 0 Å². The van der Waals surface area contributed by atoms with Crippen molar-refractivity contribution in [2.75, 3.05) is 20.2 Å². The molecule has 0 aliphatic carbocycles. The van der Waals surface area contributed by atoms with Gasteiger partial charge >= 0.3 is 0 Å². The van der Waals surface area contributed by atoms with Crippen molar-refractivity contribution in [3.63, 3.8) is 0 Å². The van der Waals surface area contributed by atoms with Crippen LogP contribution in [0.25, 0.3) is 0 Å².